The minimum Gasteiger partial charge on any atom is -0.311 e. The van der Waals surface area contributed by atoms with Gasteiger partial charge < -0.3 is 5.32 Å². The SMILES string of the molecule is CCC1CCCC(NC(C)Cc2ccccc2C)C1. The lowest BCUT2D eigenvalue weighted by Gasteiger charge is -2.31. The summed E-state index contributed by atoms with van der Waals surface area (Å²) in [4.78, 5) is 0. The highest BCUT2D eigenvalue weighted by Gasteiger charge is 2.21. The molecule has 1 aliphatic carbocycles. The van der Waals surface area contributed by atoms with Crippen molar-refractivity contribution < 1.29 is 0 Å². The van der Waals surface area contributed by atoms with Gasteiger partial charge in [0.2, 0.25) is 0 Å². The number of benzene rings is 1. The second kappa shape index (κ2) is 7.09. The fraction of sp³-hybridized carbons (Fsp3) is 0.667. The van der Waals surface area contributed by atoms with Gasteiger partial charge in [-0.15, -0.1) is 0 Å². The Hall–Kier alpha value is -0.820. The maximum absolute atomic E-state index is 3.86. The summed E-state index contributed by atoms with van der Waals surface area (Å²) in [5, 5.41) is 3.86. The molecule has 0 spiro atoms. The molecule has 0 saturated heterocycles. The predicted molar refractivity (Wildman–Crippen MR) is 83.5 cm³/mol. The van der Waals surface area contributed by atoms with Gasteiger partial charge in [-0.3, -0.25) is 0 Å². The van der Waals surface area contributed by atoms with Crippen LogP contribution in [0.5, 0.6) is 0 Å². The van der Waals surface area contributed by atoms with Crippen LogP contribution in [0.2, 0.25) is 0 Å². The molecule has 1 heteroatoms. The minimum absolute atomic E-state index is 0.585. The van der Waals surface area contributed by atoms with Crippen molar-refractivity contribution in [2.45, 2.75) is 71.4 Å². The van der Waals surface area contributed by atoms with Gasteiger partial charge in [0.05, 0.1) is 0 Å². The van der Waals surface area contributed by atoms with E-state index < -0.39 is 0 Å². The van der Waals surface area contributed by atoms with E-state index in [1.165, 1.54) is 43.2 Å². The summed E-state index contributed by atoms with van der Waals surface area (Å²) >= 11 is 0. The van der Waals surface area contributed by atoms with Crippen molar-refractivity contribution in [1.29, 1.82) is 0 Å². The fourth-order valence-electron chi connectivity index (χ4n) is 3.44. The van der Waals surface area contributed by atoms with Crippen LogP contribution in [0.15, 0.2) is 24.3 Å². The third-order valence-electron chi connectivity index (χ3n) is 4.67. The minimum atomic E-state index is 0.585. The van der Waals surface area contributed by atoms with E-state index in [0.29, 0.717) is 6.04 Å². The van der Waals surface area contributed by atoms with Crippen molar-refractivity contribution >= 4 is 0 Å². The van der Waals surface area contributed by atoms with Crippen LogP contribution in [0.4, 0.5) is 0 Å². The van der Waals surface area contributed by atoms with Gasteiger partial charge in [0.1, 0.15) is 0 Å². The van der Waals surface area contributed by atoms with Crippen LogP contribution >= 0.6 is 0 Å². The average Bonchev–Trinajstić information content (AvgIpc) is 2.41. The molecule has 3 unspecified atom stereocenters. The Morgan fingerprint density at radius 2 is 2.05 bits per heavy atom. The Labute approximate surface area is 118 Å². The van der Waals surface area contributed by atoms with Crippen molar-refractivity contribution in [2.75, 3.05) is 0 Å². The van der Waals surface area contributed by atoms with Crippen LogP contribution < -0.4 is 5.32 Å². The zero-order valence-corrected chi connectivity index (χ0v) is 12.8. The van der Waals surface area contributed by atoms with Gasteiger partial charge >= 0.3 is 0 Å². The van der Waals surface area contributed by atoms with Crippen LogP contribution in [0, 0.1) is 12.8 Å². The smallest absolute Gasteiger partial charge is 0.00818 e. The molecule has 0 amide bonds. The Balaban J connectivity index is 1.84. The van der Waals surface area contributed by atoms with Crippen molar-refractivity contribution in [3.8, 4) is 0 Å². The second-order valence-corrected chi connectivity index (χ2v) is 6.34. The molecule has 2 rings (SSSR count). The Kier molecular flexibility index (Phi) is 5.45. The van der Waals surface area contributed by atoms with E-state index >= 15 is 0 Å². The molecule has 1 aromatic rings. The lowest BCUT2D eigenvalue weighted by atomic mass is 9.84. The molecule has 19 heavy (non-hydrogen) atoms. The first-order valence-corrected chi connectivity index (χ1v) is 7.99. The van der Waals surface area contributed by atoms with Crippen LogP contribution in [0.3, 0.4) is 0 Å². The number of aryl methyl sites for hydroxylation is 1. The Morgan fingerprint density at radius 1 is 1.26 bits per heavy atom. The van der Waals surface area contributed by atoms with E-state index in [0.717, 1.165) is 18.4 Å². The van der Waals surface area contributed by atoms with Crippen molar-refractivity contribution in [2.24, 2.45) is 5.92 Å². The highest BCUT2D eigenvalue weighted by molar-refractivity contribution is 5.26. The quantitative estimate of drug-likeness (QED) is 0.822. The average molecular weight is 259 g/mol. The zero-order chi connectivity index (χ0) is 13.7. The van der Waals surface area contributed by atoms with Gasteiger partial charge in [-0.25, -0.2) is 0 Å². The second-order valence-electron chi connectivity index (χ2n) is 6.34. The van der Waals surface area contributed by atoms with Crippen LogP contribution in [0.1, 0.15) is 57.1 Å². The molecule has 0 bridgehead atoms. The molecular formula is C18H29N. The van der Waals surface area contributed by atoms with E-state index in [1.807, 2.05) is 0 Å². The van der Waals surface area contributed by atoms with E-state index in [2.05, 4.69) is 50.4 Å². The first-order valence-electron chi connectivity index (χ1n) is 7.99. The summed E-state index contributed by atoms with van der Waals surface area (Å²) in [5.41, 5.74) is 2.91. The van der Waals surface area contributed by atoms with Crippen molar-refractivity contribution in [1.82, 2.24) is 5.32 Å². The topological polar surface area (TPSA) is 12.0 Å². The molecule has 0 aliphatic heterocycles. The van der Waals surface area contributed by atoms with Crippen molar-refractivity contribution in [3.05, 3.63) is 35.4 Å². The molecule has 1 aromatic carbocycles. The van der Waals surface area contributed by atoms with Gasteiger partial charge in [-0.1, -0.05) is 50.5 Å². The summed E-state index contributed by atoms with van der Waals surface area (Å²) in [6, 6.07) is 10.1. The predicted octanol–water partition coefficient (Wildman–Crippen LogP) is 4.48. The summed E-state index contributed by atoms with van der Waals surface area (Å²) in [6.07, 6.45) is 8.11. The molecule has 1 saturated carbocycles. The first kappa shape index (κ1) is 14.6. The number of nitrogens with one attached hydrogen (secondary N) is 1. The lowest BCUT2D eigenvalue weighted by Crippen LogP contribution is -2.40. The molecule has 3 atom stereocenters. The molecule has 106 valence electrons. The maximum Gasteiger partial charge on any atom is 0.00818 e. The zero-order valence-electron chi connectivity index (χ0n) is 12.8. The standard InChI is InChI=1S/C18H29N/c1-4-16-9-7-11-18(13-16)19-15(3)12-17-10-6-5-8-14(17)2/h5-6,8,10,15-16,18-19H,4,7,9,11-13H2,1-3H3. The number of rotatable bonds is 5. The van der Waals surface area contributed by atoms with Crippen molar-refractivity contribution in [3.63, 3.8) is 0 Å². The third-order valence-corrected chi connectivity index (χ3v) is 4.67. The Morgan fingerprint density at radius 3 is 2.79 bits per heavy atom. The number of hydrogen-bond acceptors (Lipinski definition) is 1. The van der Waals surface area contributed by atoms with Crippen LogP contribution in [-0.2, 0) is 6.42 Å². The molecule has 0 radical (unpaired) electrons. The highest BCUT2D eigenvalue weighted by atomic mass is 14.9. The molecule has 0 aromatic heterocycles. The van der Waals surface area contributed by atoms with E-state index in [1.54, 1.807) is 0 Å². The van der Waals surface area contributed by atoms with Crippen LogP contribution in [-0.4, -0.2) is 12.1 Å². The first-order chi connectivity index (χ1) is 9.19. The van der Waals surface area contributed by atoms with Gasteiger partial charge in [-0.2, -0.15) is 0 Å². The molecule has 1 N–H and O–H groups in total. The van der Waals surface area contributed by atoms with Gasteiger partial charge in [0.15, 0.2) is 0 Å². The molecule has 0 heterocycles. The van der Waals surface area contributed by atoms with Gasteiger partial charge in [0, 0.05) is 12.1 Å². The monoisotopic (exact) mass is 259 g/mol. The van der Waals surface area contributed by atoms with E-state index in [9.17, 15) is 0 Å². The highest BCUT2D eigenvalue weighted by Crippen LogP contribution is 2.27. The van der Waals surface area contributed by atoms with E-state index in [-0.39, 0.29) is 0 Å². The van der Waals surface area contributed by atoms with Gasteiger partial charge in [-0.05, 0) is 50.2 Å². The largest absolute Gasteiger partial charge is 0.311 e. The molecular weight excluding hydrogens is 230 g/mol. The fourth-order valence-corrected chi connectivity index (χ4v) is 3.44. The maximum atomic E-state index is 3.86. The molecule has 1 fully saturated rings. The normalized spacial score (nSPS) is 25.2. The summed E-state index contributed by atoms with van der Waals surface area (Å²) in [6.45, 7) is 6.89. The Bertz CT molecular complexity index is 385. The molecule has 1 aliphatic rings. The molecule has 1 nitrogen and oxygen atoms in total. The third kappa shape index (κ3) is 4.35. The lowest BCUT2D eigenvalue weighted by molar-refractivity contribution is 0.264. The van der Waals surface area contributed by atoms with Gasteiger partial charge in [0.25, 0.3) is 0 Å². The summed E-state index contributed by atoms with van der Waals surface area (Å²) in [5.74, 6) is 0.955. The van der Waals surface area contributed by atoms with E-state index in [4.69, 9.17) is 0 Å². The summed E-state index contributed by atoms with van der Waals surface area (Å²) < 4.78 is 0. The number of hydrogen-bond donors (Lipinski definition) is 1. The summed E-state index contributed by atoms with van der Waals surface area (Å²) in [7, 11) is 0. The van der Waals surface area contributed by atoms with Crippen LogP contribution in [0.25, 0.3) is 0 Å².